The van der Waals surface area contributed by atoms with Crippen LogP contribution < -0.4 is 10.0 Å². The summed E-state index contributed by atoms with van der Waals surface area (Å²) in [6.45, 7) is 9.22. The van der Waals surface area contributed by atoms with Crippen molar-refractivity contribution in [1.82, 2.24) is 0 Å². The summed E-state index contributed by atoms with van der Waals surface area (Å²) in [7, 11) is -3.33. The lowest BCUT2D eigenvalue weighted by Gasteiger charge is -2.42. The Bertz CT molecular complexity index is 648. The first kappa shape index (κ1) is 16.1. The van der Waals surface area contributed by atoms with Crippen LogP contribution in [0.15, 0.2) is 18.2 Å². The number of benzene rings is 1. The van der Waals surface area contributed by atoms with Crippen LogP contribution in [0.2, 0.25) is 0 Å². The van der Waals surface area contributed by atoms with Gasteiger partial charge in [0.25, 0.3) is 0 Å². The van der Waals surface area contributed by atoms with Crippen molar-refractivity contribution < 1.29 is 8.42 Å². The molecule has 0 atom stereocenters. The van der Waals surface area contributed by atoms with E-state index < -0.39 is 10.0 Å². The maximum absolute atomic E-state index is 12.3. The van der Waals surface area contributed by atoms with E-state index in [0.717, 1.165) is 24.1 Å². The minimum absolute atomic E-state index is 0.0884. The predicted molar refractivity (Wildman–Crippen MR) is 88.9 cm³/mol. The van der Waals surface area contributed by atoms with Crippen LogP contribution in [0.4, 0.5) is 11.4 Å². The maximum Gasteiger partial charge on any atom is 0.232 e. The summed E-state index contributed by atoms with van der Waals surface area (Å²) in [4.78, 5) is 0. The van der Waals surface area contributed by atoms with Crippen LogP contribution in [0.5, 0.6) is 0 Å². The summed E-state index contributed by atoms with van der Waals surface area (Å²) in [5.74, 6) is 0. The van der Waals surface area contributed by atoms with Crippen molar-refractivity contribution in [3.63, 3.8) is 0 Å². The Balaban J connectivity index is 2.65. The van der Waals surface area contributed by atoms with Gasteiger partial charge in [-0.2, -0.15) is 0 Å². The Morgan fingerprint density at radius 3 is 2.33 bits per heavy atom. The third kappa shape index (κ3) is 3.70. The van der Waals surface area contributed by atoms with Gasteiger partial charge in [-0.25, -0.2) is 8.42 Å². The molecule has 0 spiro atoms. The van der Waals surface area contributed by atoms with Gasteiger partial charge >= 0.3 is 0 Å². The van der Waals surface area contributed by atoms with Crippen LogP contribution in [0.1, 0.15) is 39.7 Å². The third-order valence-electron chi connectivity index (χ3n) is 3.98. The fraction of sp³-hybridized carbons (Fsp3) is 0.625. The largest absolute Gasteiger partial charge is 0.399 e. The molecule has 21 heavy (non-hydrogen) atoms. The number of nitrogen functional groups attached to an aromatic ring is 1. The minimum atomic E-state index is -3.33. The number of hydrogen-bond donors (Lipinski definition) is 1. The Morgan fingerprint density at radius 2 is 1.76 bits per heavy atom. The summed E-state index contributed by atoms with van der Waals surface area (Å²) in [5.41, 5.74) is 8.31. The first-order valence-corrected chi connectivity index (χ1v) is 9.11. The van der Waals surface area contributed by atoms with E-state index in [9.17, 15) is 8.42 Å². The fourth-order valence-corrected chi connectivity index (χ4v) is 4.77. The predicted octanol–water partition coefficient (Wildman–Crippen LogP) is 3.03. The van der Waals surface area contributed by atoms with Crippen molar-refractivity contribution >= 4 is 21.4 Å². The average Bonchev–Trinajstić information content (AvgIpc) is 2.24. The molecule has 1 aliphatic heterocycles. The van der Waals surface area contributed by atoms with Crippen LogP contribution in [-0.4, -0.2) is 21.2 Å². The summed E-state index contributed by atoms with van der Waals surface area (Å²) < 4.78 is 26.0. The van der Waals surface area contributed by atoms with E-state index in [2.05, 4.69) is 27.7 Å². The highest BCUT2D eigenvalue weighted by molar-refractivity contribution is 7.92. The molecule has 0 fully saturated rings. The molecule has 1 heterocycles. The monoisotopic (exact) mass is 310 g/mol. The Hall–Kier alpha value is -1.23. The molecule has 4 nitrogen and oxygen atoms in total. The van der Waals surface area contributed by atoms with Crippen molar-refractivity contribution in [2.24, 2.45) is 10.8 Å². The topological polar surface area (TPSA) is 63.4 Å². The molecule has 0 radical (unpaired) electrons. The van der Waals surface area contributed by atoms with Gasteiger partial charge in [0.2, 0.25) is 10.0 Å². The van der Waals surface area contributed by atoms with E-state index in [4.69, 9.17) is 5.73 Å². The second kappa shape index (κ2) is 4.90. The Morgan fingerprint density at radius 1 is 1.14 bits per heavy atom. The molecule has 0 aliphatic carbocycles. The lowest BCUT2D eigenvalue weighted by Crippen LogP contribution is -2.43. The van der Waals surface area contributed by atoms with Crippen LogP contribution >= 0.6 is 0 Å². The zero-order chi connectivity index (χ0) is 16.1. The van der Waals surface area contributed by atoms with E-state index in [1.54, 1.807) is 6.07 Å². The standard InChI is InChI=1S/C16H26N2O2S/c1-15(2)9-12-6-7-13(17)8-14(12)18(21(5,19)20)11-16(3,4)10-15/h6-8H,9-11,17H2,1-5H3. The fourth-order valence-electron chi connectivity index (χ4n) is 3.66. The lowest BCUT2D eigenvalue weighted by atomic mass is 9.71. The highest BCUT2D eigenvalue weighted by atomic mass is 32.2. The first-order valence-electron chi connectivity index (χ1n) is 7.26. The second-order valence-corrected chi connectivity index (χ2v) is 9.75. The number of sulfonamides is 1. The van der Waals surface area contributed by atoms with Crippen LogP contribution in [0.25, 0.3) is 0 Å². The van der Waals surface area contributed by atoms with E-state index in [1.807, 2.05) is 12.1 Å². The molecule has 0 saturated heterocycles. The zero-order valence-electron chi connectivity index (χ0n) is 13.6. The number of fused-ring (bicyclic) bond motifs is 1. The summed E-state index contributed by atoms with van der Waals surface area (Å²) in [6, 6.07) is 5.60. The van der Waals surface area contributed by atoms with Crippen LogP contribution in [0, 0.1) is 10.8 Å². The molecule has 5 heteroatoms. The quantitative estimate of drug-likeness (QED) is 0.811. The van der Waals surface area contributed by atoms with Gasteiger partial charge < -0.3 is 5.73 Å². The van der Waals surface area contributed by atoms with E-state index in [-0.39, 0.29) is 10.8 Å². The molecule has 118 valence electrons. The lowest BCUT2D eigenvalue weighted by molar-refractivity contribution is 0.196. The maximum atomic E-state index is 12.3. The minimum Gasteiger partial charge on any atom is -0.399 e. The molecule has 2 rings (SSSR count). The van der Waals surface area contributed by atoms with E-state index in [0.29, 0.717) is 12.2 Å². The van der Waals surface area contributed by atoms with Crippen molar-refractivity contribution in [2.75, 3.05) is 22.8 Å². The molecule has 1 aliphatic rings. The van der Waals surface area contributed by atoms with Gasteiger partial charge in [-0.15, -0.1) is 0 Å². The molecular formula is C16H26N2O2S. The number of hydrogen-bond acceptors (Lipinski definition) is 3. The molecule has 0 bridgehead atoms. The first-order chi connectivity index (χ1) is 9.40. The van der Waals surface area contributed by atoms with Gasteiger partial charge in [-0.1, -0.05) is 33.8 Å². The molecule has 0 amide bonds. The van der Waals surface area contributed by atoms with E-state index in [1.165, 1.54) is 10.6 Å². The average molecular weight is 310 g/mol. The smallest absolute Gasteiger partial charge is 0.232 e. The molecule has 0 saturated carbocycles. The van der Waals surface area contributed by atoms with Crippen molar-refractivity contribution in [2.45, 2.75) is 40.5 Å². The molecule has 0 aromatic heterocycles. The summed E-state index contributed by atoms with van der Waals surface area (Å²) in [5, 5.41) is 0. The zero-order valence-corrected chi connectivity index (χ0v) is 14.4. The molecule has 0 unspecified atom stereocenters. The van der Waals surface area contributed by atoms with Gasteiger partial charge in [-0.3, -0.25) is 4.31 Å². The second-order valence-electron chi connectivity index (χ2n) is 7.84. The summed E-state index contributed by atoms with van der Waals surface area (Å²) in [6.07, 6.45) is 3.08. The van der Waals surface area contributed by atoms with Crippen molar-refractivity contribution in [1.29, 1.82) is 0 Å². The third-order valence-corrected chi connectivity index (χ3v) is 5.10. The molecular weight excluding hydrogens is 284 g/mol. The van der Waals surface area contributed by atoms with Crippen LogP contribution in [0.3, 0.4) is 0 Å². The van der Waals surface area contributed by atoms with Crippen LogP contribution in [-0.2, 0) is 16.4 Å². The Kier molecular flexibility index (Phi) is 3.77. The van der Waals surface area contributed by atoms with Crippen molar-refractivity contribution in [3.05, 3.63) is 23.8 Å². The number of nitrogens with two attached hydrogens (primary N) is 1. The van der Waals surface area contributed by atoms with Gasteiger partial charge in [-0.05, 0) is 41.4 Å². The Labute approximate surface area is 128 Å². The number of nitrogens with zero attached hydrogens (tertiary/aromatic N) is 1. The highest BCUT2D eigenvalue weighted by Crippen LogP contribution is 2.43. The van der Waals surface area contributed by atoms with Gasteiger partial charge in [0, 0.05) is 12.2 Å². The molecule has 2 N–H and O–H groups in total. The number of rotatable bonds is 1. The van der Waals surface area contributed by atoms with Gasteiger partial charge in [0.15, 0.2) is 0 Å². The SMILES string of the molecule is CC1(C)Cc2ccc(N)cc2N(S(C)(=O)=O)CC(C)(C)C1. The van der Waals surface area contributed by atoms with Crippen molar-refractivity contribution in [3.8, 4) is 0 Å². The van der Waals surface area contributed by atoms with E-state index >= 15 is 0 Å². The van der Waals surface area contributed by atoms with Gasteiger partial charge in [0.1, 0.15) is 0 Å². The number of anilines is 2. The molecule has 1 aromatic carbocycles. The molecule has 1 aromatic rings. The normalized spacial score (nSPS) is 21.3. The highest BCUT2D eigenvalue weighted by Gasteiger charge is 2.37. The van der Waals surface area contributed by atoms with Gasteiger partial charge in [0.05, 0.1) is 11.9 Å². The summed E-state index contributed by atoms with van der Waals surface area (Å²) >= 11 is 0.